The van der Waals surface area contributed by atoms with E-state index in [4.69, 9.17) is 13.9 Å². The van der Waals surface area contributed by atoms with Crippen LogP contribution in [0.5, 0.6) is 11.5 Å². The molecule has 1 aliphatic rings. The summed E-state index contributed by atoms with van der Waals surface area (Å²) in [6.45, 7) is 1.02. The number of thiophene rings is 1. The van der Waals surface area contributed by atoms with Gasteiger partial charge in [-0.15, -0.1) is 16.4 Å². The summed E-state index contributed by atoms with van der Waals surface area (Å²) in [5.74, 6) is 1.27. The van der Waals surface area contributed by atoms with Gasteiger partial charge in [-0.05, 0) is 29.8 Å². The van der Waals surface area contributed by atoms with E-state index in [-0.39, 0.29) is 11.7 Å². The highest BCUT2D eigenvalue weighted by Gasteiger charge is 2.17. The number of rotatable bonds is 5. The van der Waals surface area contributed by atoms with Crippen LogP contribution in [0.2, 0.25) is 0 Å². The SMILES string of the molecule is O=C(Nc1nnc(Cc2ccc3c(c2)OCCO3)o1)c1cc2cc([N+](=O)[O-])ccc2s1. The van der Waals surface area contributed by atoms with E-state index in [0.29, 0.717) is 47.3 Å². The van der Waals surface area contributed by atoms with Crippen molar-refractivity contribution in [3.8, 4) is 11.5 Å². The van der Waals surface area contributed by atoms with Crippen LogP contribution in [0.4, 0.5) is 11.7 Å². The number of carbonyl (C=O) groups excluding carboxylic acids is 1. The summed E-state index contributed by atoms with van der Waals surface area (Å²) in [6.07, 6.45) is 0.367. The summed E-state index contributed by atoms with van der Waals surface area (Å²) in [7, 11) is 0. The van der Waals surface area contributed by atoms with Gasteiger partial charge in [0.1, 0.15) is 13.2 Å². The monoisotopic (exact) mass is 438 g/mol. The van der Waals surface area contributed by atoms with Gasteiger partial charge in [-0.2, -0.15) is 0 Å². The first kappa shape index (κ1) is 19.0. The van der Waals surface area contributed by atoms with Gasteiger partial charge in [0.05, 0.1) is 16.2 Å². The lowest BCUT2D eigenvalue weighted by Crippen LogP contribution is -2.15. The van der Waals surface area contributed by atoms with E-state index in [2.05, 4.69) is 15.5 Å². The van der Waals surface area contributed by atoms with Crippen molar-refractivity contribution in [1.82, 2.24) is 10.2 Å². The van der Waals surface area contributed by atoms with Crippen LogP contribution >= 0.6 is 11.3 Å². The van der Waals surface area contributed by atoms with Gasteiger partial charge in [-0.1, -0.05) is 11.2 Å². The Kier molecular flexibility index (Phi) is 4.71. The van der Waals surface area contributed by atoms with E-state index in [1.807, 2.05) is 18.2 Å². The van der Waals surface area contributed by atoms with E-state index >= 15 is 0 Å². The maximum absolute atomic E-state index is 12.5. The maximum atomic E-state index is 12.5. The Labute approximate surface area is 178 Å². The molecule has 10 nitrogen and oxygen atoms in total. The molecular weight excluding hydrogens is 424 g/mol. The number of anilines is 1. The molecule has 156 valence electrons. The number of nitrogens with one attached hydrogen (secondary N) is 1. The zero-order valence-electron chi connectivity index (χ0n) is 15.9. The highest BCUT2D eigenvalue weighted by molar-refractivity contribution is 7.20. The molecule has 0 saturated carbocycles. The van der Waals surface area contributed by atoms with E-state index in [9.17, 15) is 14.9 Å². The van der Waals surface area contributed by atoms with Crippen LogP contribution in [0.15, 0.2) is 46.9 Å². The molecule has 1 amide bonds. The third kappa shape index (κ3) is 3.90. The predicted molar refractivity (Wildman–Crippen MR) is 111 cm³/mol. The average molecular weight is 438 g/mol. The molecule has 0 unspecified atom stereocenters. The average Bonchev–Trinajstić information content (AvgIpc) is 3.39. The minimum atomic E-state index is -0.474. The number of nitro benzene ring substituents is 1. The summed E-state index contributed by atoms with van der Waals surface area (Å²) >= 11 is 1.22. The Balaban J connectivity index is 1.28. The van der Waals surface area contributed by atoms with Gasteiger partial charge in [0.25, 0.3) is 11.6 Å². The fourth-order valence-corrected chi connectivity index (χ4v) is 4.10. The van der Waals surface area contributed by atoms with Gasteiger partial charge in [0.15, 0.2) is 11.5 Å². The quantitative estimate of drug-likeness (QED) is 0.368. The van der Waals surface area contributed by atoms with Crippen LogP contribution in [0.1, 0.15) is 21.1 Å². The van der Waals surface area contributed by atoms with Crippen molar-refractivity contribution < 1.29 is 23.6 Å². The number of nitro groups is 1. The minimum Gasteiger partial charge on any atom is -0.486 e. The molecule has 31 heavy (non-hydrogen) atoms. The number of ether oxygens (including phenoxy) is 2. The fourth-order valence-electron chi connectivity index (χ4n) is 3.16. The van der Waals surface area contributed by atoms with Crippen molar-refractivity contribution in [2.24, 2.45) is 0 Å². The number of benzene rings is 2. The van der Waals surface area contributed by atoms with E-state index in [1.165, 1.54) is 23.5 Å². The molecule has 0 fully saturated rings. The second-order valence-corrected chi connectivity index (χ2v) is 7.78. The van der Waals surface area contributed by atoms with Gasteiger partial charge in [-0.3, -0.25) is 20.2 Å². The van der Waals surface area contributed by atoms with Crippen molar-refractivity contribution in [3.05, 3.63) is 68.9 Å². The Morgan fingerprint density at radius 3 is 2.77 bits per heavy atom. The zero-order valence-corrected chi connectivity index (χ0v) is 16.7. The largest absolute Gasteiger partial charge is 0.486 e. The Hall–Kier alpha value is -3.99. The summed E-state index contributed by atoms with van der Waals surface area (Å²) in [6, 6.07) is 11.6. The lowest BCUT2D eigenvalue weighted by atomic mass is 10.1. The minimum absolute atomic E-state index is 0.0269. The molecule has 0 bridgehead atoms. The Morgan fingerprint density at radius 2 is 1.94 bits per heavy atom. The molecule has 0 atom stereocenters. The first-order valence-corrected chi connectivity index (χ1v) is 10.1. The zero-order chi connectivity index (χ0) is 21.4. The molecule has 2 aromatic carbocycles. The van der Waals surface area contributed by atoms with Crippen LogP contribution in [0.3, 0.4) is 0 Å². The molecule has 1 N–H and O–H groups in total. The number of nitrogens with zero attached hydrogens (tertiary/aromatic N) is 3. The van der Waals surface area contributed by atoms with E-state index in [1.54, 1.807) is 12.1 Å². The number of fused-ring (bicyclic) bond motifs is 2. The molecular formula is C20H14N4O6S. The van der Waals surface area contributed by atoms with Crippen molar-refractivity contribution in [2.45, 2.75) is 6.42 Å². The molecule has 5 rings (SSSR count). The van der Waals surface area contributed by atoms with Crippen LogP contribution in [-0.2, 0) is 6.42 Å². The summed E-state index contributed by atoms with van der Waals surface area (Å²) < 4.78 is 17.4. The smallest absolute Gasteiger partial charge is 0.322 e. The van der Waals surface area contributed by atoms with Crippen molar-refractivity contribution in [3.63, 3.8) is 0 Å². The topological polar surface area (TPSA) is 130 Å². The second kappa shape index (κ2) is 7.69. The van der Waals surface area contributed by atoms with Crippen molar-refractivity contribution in [1.29, 1.82) is 0 Å². The molecule has 2 aromatic heterocycles. The van der Waals surface area contributed by atoms with E-state index in [0.717, 1.165) is 10.3 Å². The van der Waals surface area contributed by atoms with Crippen LogP contribution < -0.4 is 14.8 Å². The number of hydrogen-bond acceptors (Lipinski definition) is 9. The third-order valence-electron chi connectivity index (χ3n) is 4.58. The standard InChI is InChI=1S/C20H14N4O6S/c25-19(17-10-12-9-13(24(26)27)2-4-16(12)31-17)21-20-23-22-18(30-20)8-11-1-3-14-15(7-11)29-6-5-28-14/h1-4,7,9-10H,5-6,8H2,(H,21,23,25). The molecule has 4 aromatic rings. The Bertz CT molecular complexity index is 1310. The van der Waals surface area contributed by atoms with Crippen LogP contribution in [0.25, 0.3) is 10.1 Å². The fraction of sp³-hybridized carbons (Fsp3) is 0.150. The number of carbonyl (C=O) groups is 1. The molecule has 11 heteroatoms. The van der Waals surface area contributed by atoms with Gasteiger partial charge in [0.2, 0.25) is 5.89 Å². The molecule has 0 saturated heterocycles. The van der Waals surface area contributed by atoms with Crippen LogP contribution in [0, 0.1) is 10.1 Å². The maximum Gasteiger partial charge on any atom is 0.322 e. The summed E-state index contributed by atoms with van der Waals surface area (Å²) in [4.78, 5) is 23.4. The van der Waals surface area contributed by atoms with Crippen molar-refractivity contribution in [2.75, 3.05) is 18.5 Å². The van der Waals surface area contributed by atoms with Gasteiger partial charge < -0.3 is 13.9 Å². The van der Waals surface area contributed by atoms with Crippen LogP contribution in [-0.4, -0.2) is 34.2 Å². The van der Waals surface area contributed by atoms with Gasteiger partial charge in [0, 0.05) is 22.2 Å². The lowest BCUT2D eigenvalue weighted by Gasteiger charge is -2.18. The number of non-ortho nitro benzene ring substituents is 1. The summed E-state index contributed by atoms with van der Waals surface area (Å²) in [5, 5.41) is 21.9. The molecule has 1 aliphatic heterocycles. The predicted octanol–water partition coefficient (Wildman–Crippen LogP) is 3.81. The van der Waals surface area contributed by atoms with Gasteiger partial charge >= 0.3 is 6.01 Å². The van der Waals surface area contributed by atoms with E-state index < -0.39 is 10.8 Å². The first-order chi connectivity index (χ1) is 15.0. The molecule has 0 spiro atoms. The highest BCUT2D eigenvalue weighted by atomic mass is 32.1. The highest BCUT2D eigenvalue weighted by Crippen LogP contribution is 2.32. The number of hydrogen-bond donors (Lipinski definition) is 1. The number of aromatic nitrogens is 2. The third-order valence-corrected chi connectivity index (χ3v) is 5.70. The normalized spacial score (nSPS) is 12.6. The van der Waals surface area contributed by atoms with Crippen molar-refractivity contribution >= 4 is 39.0 Å². The molecule has 0 radical (unpaired) electrons. The number of amides is 1. The summed E-state index contributed by atoms with van der Waals surface area (Å²) in [5.41, 5.74) is 0.870. The first-order valence-electron chi connectivity index (χ1n) is 9.25. The Morgan fingerprint density at radius 1 is 1.10 bits per heavy atom. The molecule has 0 aliphatic carbocycles. The van der Waals surface area contributed by atoms with Gasteiger partial charge in [-0.25, -0.2) is 0 Å². The second-order valence-electron chi connectivity index (χ2n) is 6.70. The molecule has 3 heterocycles. The lowest BCUT2D eigenvalue weighted by molar-refractivity contribution is -0.384.